The van der Waals surface area contributed by atoms with Gasteiger partial charge in [0, 0.05) is 19.1 Å². The van der Waals surface area contributed by atoms with Crippen LogP contribution in [0.15, 0.2) is 0 Å². The van der Waals surface area contributed by atoms with Gasteiger partial charge in [0.05, 0.1) is 12.3 Å². The van der Waals surface area contributed by atoms with Crippen LogP contribution in [0.25, 0.3) is 0 Å². The van der Waals surface area contributed by atoms with E-state index in [1.165, 1.54) is 0 Å². The van der Waals surface area contributed by atoms with Crippen LogP contribution in [-0.4, -0.2) is 70.7 Å². The molecule has 2 aliphatic rings. The van der Waals surface area contributed by atoms with Crippen LogP contribution in [0.3, 0.4) is 0 Å². The van der Waals surface area contributed by atoms with E-state index < -0.39 is 11.9 Å². The molecule has 0 radical (unpaired) electrons. The number of hydrogen-bond acceptors (Lipinski definition) is 4. The number of carboxylic acid groups (broad SMARTS) is 2. The molecule has 0 amide bonds. The van der Waals surface area contributed by atoms with Gasteiger partial charge in [-0.05, 0) is 45.3 Å². The van der Waals surface area contributed by atoms with E-state index >= 15 is 0 Å². The molecule has 6 heteroatoms. The summed E-state index contributed by atoms with van der Waals surface area (Å²) in [6.07, 6.45) is 3.92. The topological polar surface area (TPSA) is 81.1 Å². The summed E-state index contributed by atoms with van der Waals surface area (Å²) < 4.78 is 0. The molecule has 0 aromatic carbocycles. The van der Waals surface area contributed by atoms with Crippen molar-refractivity contribution >= 4 is 11.9 Å². The highest BCUT2D eigenvalue weighted by atomic mass is 16.4. The molecule has 20 heavy (non-hydrogen) atoms. The first-order valence-electron chi connectivity index (χ1n) is 7.47. The first kappa shape index (κ1) is 15.3. The van der Waals surface area contributed by atoms with Crippen molar-refractivity contribution in [3.05, 3.63) is 0 Å². The first-order valence-corrected chi connectivity index (χ1v) is 7.47. The molecule has 1 unspecified atom stereocenters. The molecule has 0 bridgehead atoms. The number of nitrogens with zero attached hydrogens (tertiary/aromatic N) is 2. The molecular weight excluding hydrogens is 260 g/mol. The van der Waals surface area contributed by atoms with Gasteiger partial charge in [0.25, 0.3) is 0 Å². The van der Waals surface area contributed by atoms with E-state index in [9.17, 15) is 9.59 Å². The van der Waals surface area contributed by atoms with Crippen LogP contribution in [0.4, 0.5) is 0 Å². The van der Waals surface area contributed by atoms with Crippen molar-refractivity contribution in [2.45, 2.75) is 38.1 Å². The highest BCUT2D eigenvalue weighted by Gasteiger charge is 2.30. The van der Waals surface area contributed by atoms with Crippen LogP contribution in [0.5, 0.6) is 0 Å². The number of aliphatic carboxylic acids is 2. The average Bonchev–Trinajstić information content (AvgIpc) is 2.45. The second kappa shape index (κ2) is 7.04. The van der Waals surface area contributed by atoms with Crippen LogP contribution >= 0.6 is 0 Å². The Bertz CT molecular complexity index is 353. The van der Waals surface area contributed by atoms with Crippen molar-refractivity contribution in [1.82, 2.24) is 9.80 Å². The number of piperidine rings is 2. The van der Waals surface area contributed by atoms with E-state index in [2.05, 4.69) is 9.80 Å². The molecule has 2 N–H and O–H groups in total. The van der Waals surface area contributed by atoms with Crippen LogP contribution < -0.4 is 0 Å². The summed E-state index contributed by atoms with van der Waals surface area (Å²) in [5.74, 6) is -1.59. The highest BCUT2D eigenvalue weighted by molar-refractivity contribution is 5.70. The Labute approximate surface area is 119 Å². The number of rotatable bonds is 5. The first-order chi connectivity index (χ1) is 9.56. The largest absolute Gasteiger partial charge is 0.481 e. The Morgan fingerprint density at radius 3 is 2.35 bits per heavy atom. The van der Waals surface area contributed by atoms with Gasteiger partial charge in [0.2, 0.25) is 0 Å². The van der Waals surface area contributed by atoms with Gasteiger partial charge in [-0.3, -0.25) is 14.5 Å². The molecule has 0 aliphatic carbocycles. The number of carboxylic acids is 2. The third-order valence-electron chi connectivity index (χ3n) is 4.52. The van der Waals surface area contributed by atoms with Crippen molar-refractivity contribution in [3.63, 3.8) is 0 Å². The zero-order valence-corrected chi connectivity index (χ0v) is 11.8. The second-order valence-corrected chi connectivity index (χ2v) is 5.89. The maximum Gasteiger partial charge on any atom is 0.306 e. The Kier molecular flexibility index (Phi) is 5.37. The minimum absolute atomic E-state index is 0.182. The standard InChI is InChI=1S/C14H24N2O4/c17-13(18)5-7-15-6-1-2-12(10-15)16-8-3-11(4-9-16)14(19)20/h11-12H,1-10H2,(H,17,18)(H,19,20). The number of hydrogen-bond donors (Lipinski definition) is 2. The second-order valence-electron chi connectivity index (χ2n) is 5.89. The summed E-state index contributed by atoms with van der Waals surface area (Å²) in [5.41, 5.74) is 0. The van der Waals surface area contributed by atoms with Crippen LogP contribution in [0, 0.1) is 5.92 Å². The molecule has 1 atom stereocenters. The minimum Gasteiger partial charge on any atom is -0.481 e. The van der Waals surface area contributed by atoms with Crippen molar-refractivity contribution in [3.8, 4) is 0 Å². The maximum atomic E-state index is 11.0. The molecule has 114 valence electrons. The summed E-state index contributed by atoms with van der Waals surface area (Å²) in [4.78, 5) is 26.2. The van der Waals surface area contributed by atoms with Crippen LogP contribution in [-0.2, 0) is 9.59 Å². The van der Waals surface area contributed by atoms with E-state index in [0.717, 1.165) is 51.9 Å². The van der Waals surface area contributed by atoms with Crippen LogP contribution in [0.2, 0.25) is 0 Å². The lowest BCUT2D eigenvalue weighted by molar-refractivity contribution is -0.143. The minimum atomic E-state index is -0.741. The molecule has 2 fully saturated rings. The summed E-state index contributed by atoms with van der Waals surface area (Å²) in [5, 5.41) is 17.8. The third kappa shape index (κ3) is 4.18. The molecule has 0 aromatic heterocycles. The van der Waals surface area contributed by atoms with Gasteiger partial charge in [0.1, 0.15) is 0 Å². The number of likely N-dealkylation sites (tertiary alicyclic amines) is 2. The smallest absolute Gasteiger partial charge is 0.306 e. The Morgan fingerprint density at radius 2 is 1.75 bits per heavy atom. The normalized spacial score (nSPS) is 26.5. The van der Waals surface area contributed by atoms with Crippen molar-refractivity contribution in [2.24, 2.45) is 5.92 Å². The van der Waals surface area contributed by atoms with Crippen LogP contribution in [0.1, 0.15) is 32.1 Å². The molecule has 2 heterocycles. The monoisotopic (exact) mass is 284 g/mol. The van der Waals surface area contributed by atoms with E-state index in [4.69, 9.17) is 10.2 Å². The fraction of sp³-hybridized carbons (Fsp3) is 0.857. The molecule has 2 rings (SSSR count). The quantitative estimate of drug-likeness (QED) is 0.774. The van der Waals surface area contributed by atoms with Gasteiger partial charge in [-0.1, -0.05) is 0 Å². The molecule has 0 aromatic rings. The SMILES string of the molecule is O=C(O)CCN1CCCC(N2CCC(C(=O)O)CC2)C1. The van der Waals surface area contributed by atoms with Crippen molar-refractivity contribution < 1.29 is 19.8 Å². The highest BCUT2D eigenvalue weighted by Crippen LogP contribution is 2.23. The van der Waals surface area contributed by atoms with Gasteiger partial charge >= 0.3 is 11.9 Å². The molecule has 2 aliphatic heterocycles. The summed E-state index contributed by atoms with van der Waals surface area (Å²) in [6, 6.07) is 0.465. The fourth-order valence-electron chi connectivity index (χ4n) is 3.30. The van der Waals surface area contributed by atoms with E-state index in [1.807, 2.05) is 0 Å². The Balaban J connectivity index is 1.78. The van der Waals surface area contributed by atoms with Gasteiger partial charge in [-0.2, -0.15) is 0 Å². The van der Waals surface area contributed by atoms with Crippen molar-refractivity contribution in [1.29, 1.82) is 0 Å². The maximum absolute atomic E-state index is 11.0. The van der Waals surface area contributed by atoms with E-state index in [0.29, 0.717) is 12.6 Å². The molecule has 6 nitrogen and oxygen atoms in total. The zero-order chi connectivity index (χ0) is 14.5. The Hall–Kier alpha value is -1.14. The van der Waals surface area contributed by atoms with Gasteiger partial charge in [-0.15, -0.1) is 0 Å². The molecule has 0 saturated carbocycles. The lowest BCUT2D eigenvalue weighted by atomic mass is 9.94. The summed E-state index contributed by atoms with van der Waals surface area (Å²) in [7, 11) is 0. The van der Waals surface area contributed by atoms with Gasteiger partial charge in [0.15, 0.2) is 0 Å². The van der Waals surface area contributed by atoms with Gasteiger partial charge < -0.3 is 15.1 Å². The lowest BCUT2D eigenvalue weighted by Gasteiger charge is -2.41. The summed E-state index contributed by atoms with van der Waals surface area (Å²) >= 11 is 0. The number of carbonyl (C=O) groups is 2. The van der Waals surface area contributed by atoms with E-state index in [-0.39, 0.29) is 12.3 Å². The predicted octanol–water partition coefficient (Wildman–Crippen LogP) is 0.722. The lowest BCUT2D eigenvalue weighted by Crippen LogP contribution is -2.51. The average molecular weight is 284 g/mol. The molecule has 2 saturated heterocycles. The van der Waals surface area contributed by atoms with E-state index in [1.54, 1.807) is 0 Å². The summed E-state index contributed by atoms with van der Waals surface area (Å²) in [6.45, 7) is 4.24. The van der Waals surface area contributed by atoms with Gasteiger partial charge in [-0.25, -0.2) is 0 Å². The predicted molar refractivity (Wildman–Crippen MR) is 73.6 cm³/mol. The third-order valence-corrected chi connectivity index (χ3v) is 4.52. The fourth-order valence-corrected chi connectivity index (χ4v) is 3.30. The van der Waals surface area contributed by atoms with Crippen molar-refractivity contribution in [2.75, 3.05) is 32.7 Å². The zero-order valence-electron chi connectivity index (χ0n) is 11.8. The molecular formula is C14H24N2O4. The molecule has 0 spiro atoms. The Morgan fingerprint density at radius 1 is 1.05 bits per heavy atom.